The second-order valence-corrected chi connectivity index (χ2v) is 2.97. The van der Waals surface area contributed by atoms with E-state index >= 15 is 0 Å². The van der Waals surface area contributed by atoms with E-state index in [0.29, 0.717) is 5.75 Å². The van der Waals surface area contributed by atoms with Crippen molar-refractivity contribution in [1.82, 2.24) is 5.32 Å². The molecule has 0 aromatic carbocycles. The minimum atomic E-state index is -1.11. The molecule has 0 heterocycles. The average molecular weight is 189 g/mol. The lowest BCUT2D eigenvalue weighted by molar-refractivity contribution is -0.134. The minimum Gasteiger partial charge on any atom is -0.477 e. The van der Waals surface area contributed by atoms with Crippen LogP contribution in [0.15, 0.2) is 11.8 Å². The van der Waals surface area contributed by atoms with Crippen molar-refractivity contribution >= 4 is 23.6 Å². The molecule has 0 aromatic rings. The smallest absolute Gasteiger partial charge is 0.352 e. The molecular formula is C7H11NO3S. The highest BCUT2D eigenvalue weighted by Gasteiger charge is 2.06. The Kier molecular flexibility index (Phi) is 5.19. The molecule has 0 fully saturated rings. The van der Waals surface area contributed by atoms with Crippen LogP contribution in [0, 0.1) is 0 Å². The highest BCUT2D eigenvalue weighted by Crippen LogP contribution is 1.96. The van der Waals surface area contributed by atoms with Crippen LogP contribution in [0.25, 0.3) is 0 Å². The second kappa shape index (κ2) is 5.65. The number of amides is 1. The van der Waals surface area contributed by atoms with Crippen LogP contribution in [0.5, 0.6) is 0 Å². The highest BCUT2D eigenvalue weighted by molar-refractivity contribution is 7.98. The number of aliphatic carboxylic acids is 1. The van der Waals surface area contributed by atoms with Crippen molar-refractivity contribution in [2.45, 2.75) is 6.92 Å². The first-order valence-corrected chi connectivity index (χ1v) is 4.67. The van der Waals surface area contributed by atoms with Gasteiger partial charge < -0.3 is 10.4 Å². The number of carboxylic acid groups (broad SMARTS) is 1. The Bertz CT molecular complexity index is 213. The standard InChI is InChI=1S/C7H11NO3S/c1-5(9)8-6(7(10)11)3-4-12-2/h3H,4H2,1-2H3,(H,8,9)(H,10,11)/b6-3-. The van der Waals surface area contributed by atoms with E-state index in [9.17, 15) is 9.59 Å². The van der Waals surface area contributed by atoms with Crippen LogP contribution in [0.2, 0.25) is 0 Å². The van der Waals surface area contributed by atoms with Gasteiger partial charge in [0, 0.05) is 12.7 Å². The summed E-state index contributed by atoms with van der Waals surface area (Å²) in [7, 11) is 0. The molecular weight excluding hydrogens is 178 g/mol. The van der Waals surface area contributed by atoms with Crippen LogP contribution in [0.4, 0.5) is 0 Å². The number of rotatable bonds is 4. The summed E-state index contributed by atoms with van der Waals surface area (Å²) in [5.74, 6) is -0.911. The van der Waals surface area contributed by atoms with Gasteiger partial charge in [-0.1, -0.05) is 0 Å². The molecule has 1 amide bonds. The molecule has 2 N–H and O–H groups in total. The number of carbonyl (C=O) groups excluding carboxylic acids is 1. The molecule has 12 heavy (non-hydrogen) atoms. The van der Waals surface area contributed by atoms with Gasteiger partial charge in [0.25, 0.3) is 0 Å². The molecule has 0 aliphatic heterocycles. The first-order valence-electron chi connectivity index (χ1n) is 3.28. The van der Waals surface area contributed by atoms with Gasteiger partial charge in [-0.15, -0.1) is 0 Å². The lowest BCUT2D eigenvalue weighted by Gasteiger charge is -2.01. The zero-order chi connectivity index (χ0) is 9.56. The lowest BCUT2D eigenvalue weighted by atomic mass is 10.4. The van der Waals surface area contributed by atoms with Gasteiger partial charge in [0.05, 0.1) is 0 Å². The fourth-order valence-electron chi connectivity index (χ4n) is 0.548. The molecule has 68 valence electrons. The fraction of sp³-hybridized carbons (Fsp3) is 0.429. The first kappa shape index (κ1) is 11.0. The molecule has 0 radical (unpaired) electrons. The van der Waals surface area contributed by atoms with Gasteiger partial charge in [-0.3, -0.25) is 4.79 Å². The number of carbonyl (C=O) groups is 2. The van der Waals surface area contributed by atoms with Crippen molar-refractivity contribution in [3.05, 3.63) is 11.8 Å². The number of hydrogen-bond donors (Lipinski definition) is 2. The minimum absolute atomic E-state index is 0.0585. The van der Waals surface area contributed by atoms with Gasteiger partial charge in [0.1, 0.15) is 5.70 Å². The Morgan fingerprint density at radius 2 is 2.17 bits per heavy atom. The quantitative estimate of drug-likeness (QED) is 0.630. The van der Waals surface area contributed by atoms with Crippen molar-refractivity contribution in [3.63, 3.8) is 0 Å². The summed E-state index contributed by atoms with van der Waals surface area (Å²) in [4.78, 5) is 20.9. The molecule has 0 atom stereocenters. The molecule has 0 unspecified atom stereocenters. The maximum Gasteiger partial charge on any atom is 0.352 e. The fourth-order valence-corrected chi connectivity index (χ4v) is 0.881. The lowest BCUT2D eigenvalue weighted by Crippen LogP contribution is -2.24. The van der Waals surface area contributed by atoms with Gasteiger partial charge >= 0.3 is 5.97 Å². The van der Waals surface area contributed by atoms with Crippen LogP contribution in [-0.2, 0) is 9.59 Å². The van der Waals surface area contributed by atoms with E-state index in [-0.39, 0.29) is 11.6 Å². The molecule has 0 aliphatic carbocycles. The number of nitrogens with one attached hydrogen (secondary N) is 1. The summed E-state index contributed by atoms with van der Waals surface area (Å²) in [6, 6.07) is 0. The van der Waals surface area contributed by atoms with Gasteiger partial charge in [-0.2, -0.15) is 11.8 Å². The zero-order valence-electron chi connectivity index (χ0n) is 6.96. The SMILES string of the molecule is CSC/C=C(\NC(C)=O)C(=O)O. The van der Waals surface area contributed by atoms with Gasteiger partial charge in [-0.05, 0) is 12.3 Å². The summed E-state index contributed by atoms with van der Waals surface area (Å²) in [5.41, 5.74) is -0.0585. The van der Waals surface area contributed by atoms with E-state index in [1.807, 2.05) is 6.26 Å². The highest BCUT2D eigenvalue weighted by atomic mass is 32.2. The molecule has 0 spiro atoms. The molecule has 4 nitrogen and oxygen atoms in total. The predicted octanol–water partition coefficient (Wildman–Crippen LogP) is 0.454. The summed E-state index contributed by atoms with van der Waals surface area (Å²) in [6.45, 7) is 1.27. The topological polar surface area (TPSA) is 66.4 Å². The average Bonchev–Trinajstić information content (AvgIpc) is 1.96. The first-order chi connectivity index (χ1) is 5.57. The van der Waals surface area contributed by atoms with Crippen LogP contribution in [-0.4, -0.2) is 29.0 Å². The Labute approximate surface area is 75.0 Å². The van der Waals surface area contributed by atoms with Crippen molar-refractivity contribution in [3.8, 4) is 0 Å². The molecule has 0 rings (SSSR count). The maximum atomic E-state index is 10.5. The van der Waals surface area contributed by atoms with Crippen molar-refractivity contribution in [1.29, 1.82) is 0 Å². The second-order valence-electron chi connectivity index (χ2n) is 2.06. The van der Waals surface area contributed by atoms with Crippen LogP contribution in [0.1, 0.15) is 6.92 Å². The van der Waals surface area contributed by atoms with Gasteiger partial charge in [-0.25, -0.2) is 4.79 Å². The number of carboxylic acids is 1. The molecule has 0 aliphatic rings. The van der Waals surface area contributed by atoms with E-state index in [1.54, 1.807) is 0 Å². The van der Waals surface area contributed by atoms with Crippen LogP contribution >= 0.6 is 11.8 Å². The van der Waals surface area contributed by atoms with E-state index in [2.05, 4.69) is 5.32 Å². The molecule has 0 saturated carbocycles. The van der Waals surface area contributed by atoms with Crippen molar-refractivity contribution < 1.29 is 14.7 Å². The van der Waals surface area contributed by atoms with E-state index in [1.165, 1.54) is 24.8 Å². The normalized spacial score (nSPS) is 11.0. The molecule has 0 aromatic heterocycles. The van der Waals surface area contributed by atoms with E-state index < -0.39 is 5.97 Å². The Morgan fingerprint density at radius 3 is 2.50 bits per heavy atom. The summed E-state index contributed by atoms with van der Waals surface area (Å²) >= 11 is 1.48. The van der Waals surface area contributed by atoms with E-state index in [0.717, 1.165) is 0 Å². The number of hydrogen-bond acceptors (Lipinski definition) is 3. The van der Waals surface area contributed by atoms with Gasteiger partial charge in [0.2, 0.25) is 5.91 Å². The Balaban J connectivity index is 4.22. The van der Waals surface area contributed by atoms with Crippen molar-refractivity contribution in [2.75, 3.05) is 12.0 Å². The molecule has 0 saturated heterocycles. The largest absolute Gasteiger partial charge is 0.477 e. The van der Waals surface area contributed by atoms with Crippen LogP contribution < -0.4 is 5.32 Å². The van der Waals surface area contributed by atoms with Crippen LogP contribution in [0.3, 0.4) is 0 Å². The molecule has 0 bridgehead atoms. The van der Waals surface area contributed by atoms with Crippen molar-refractivity contribution in [2.24, 2.45) is 0 Å². The van der Waals surface area contributed by atoms with E-state index in [4.69, 9.17) is 5.11 Å². The molecule has 5 heteroatoms. The Morgan fingerprint density at radius 1 is 1.58 bits per heavy atom. The maximum absolute atomic E-state index is 10.5. The van der Waals surface area contributed by atoms with Gasteiger partial charge in [0.15, 0.2) is 0 Å². The third kappa shape index (κ3) is 4.79. The summed E-state index contributed by atoms with van der Waals surface area (Å²) < 4.78 is 0. The summed E-state index contributed by atoms with van der Waals surface area (Å²) in [5, 5.41) is 10.8. The predicted molar refractivity (Wildman–Crippen MR) is 47.9 cm³/mol. The third-order valence-electron chi connectivity index (χ3n) is 0.995. The summed E-state index contributed by atoms with van der Waals surface area (Å²) in [6.07, 6.45) is 3.32. The third-order valence-corrected chi connectivity index (χ3v) is 1.50. The zero-order valence-corrected chi connectivity index (χ0v) is 7.77. The monoisotopic (exact) mass is 189 g/mol. The Hall–Kier alpha value is -0.970. The number of thioether (sulfide) groups is 1.